The number of fused-ring (bicyclic) bond motifs is 2. The third-order valence-corrected chi connectivity index (χ3v) is 6.92. The predicted octanol–water partition coefficient (Wildman–Crippen LogP) is 4.64. The van der Waals surface area contributed by atoms with Gasteiger partial charge in [0.25, 0.3) is 0 Å². The number of hydrogen-bond acceptors (Lipinski definition) is 4. The lowest BCUT2D eigenvalue weighted by atomic mass is 9.74. The van der Waals surface area contributed by atoms with Crippen LogP contribution in [0.1, 0.15) is 25.3 Å². The van der Waals surface area contributed by atoms with Crippen LogP contribution >= 0.6 is 11.6 Å². The van der Waals surface area contributed by atoms with E-state index in [1.54, 1.807) is 7.11 Å². The number of nitrogens with zero attached hydrogens (tertiary/aromatic N) is 2. The zero-order valence-electron chi connectivity index (χ0n) is 16.8. The Labute approximate surface area is 173 Å². The molecule has 1 fully saturated rings. The van der Waals surface area contributed by atoms with Crippen LogP contribution < -0.4 is 15.4 Å². The van der Waals surface area contributed by atoms with Gasteiger partial charge in [-0.3, -0.25) is 0 Å². The highest BCUT2D eigenvalue weighted by Crippen LogP contribution is 2.53. The van der Waals surface area contributed by atoms with Gasteiger partial charge in [-0.2, -0.15) is 0 Å². The van der Waals surface area contributed by atoms with E-state index in [4.69, 9.17) is 22.1 Å². The Morgan fingerprint density at radius 3 is 2.57 bits per heavy atom. The smallest absolute Gasteiger partial charge is 0.142 e. The number of rotatable bonds is 5. The minimum Gasteiger partial charge on any atom is -0.495 e. The number of nitrogens with two attached hydrogens (primary N) is 1. The van der Waals surface area contributed by atoms with E-state index < -0.39 is 0 Å². The van der Waals surface area contributed by atoms with Crippen LogP contribution in [0.3, 0.4) is 0 Å². The SMILES string of the molecule is COc1cccc2c1N(c1ccccc1N)CC21CCN(CC(C)CCl)CC1. The topological polar surface area (TPSA) is 41.7 Å². The Balaban J connectivity index is 1.68. The Bertz CT molecular complexity index is 832. The Morgan fingerprint density at radius 2 is 1.89 bits per heavy atom. The largest absolute Gasteiger partial charge is 0.495 e. The molecule has 1 saturated heterocycles. The van der Waals surface area contributed by atoms with Crippen molar-refractivity contribution in [2.75, 3.05) is 49.8 Å². The lowest BCUT2D eigenvalue weighted by molar-refractivity contribution is 0.153. The standard InChI is InChI=1S/C23H30ClN3O/c1-17(14-24)15-26-12-10-23(11-13-26)16-27(20-8-4-3-7-19(20)25)22-18(23)6-5-9-21(22)28-2/h3-9,17H,10-16,25H2,1-2H3. The average molecular weight is 400 g/mol. The number of benzene rings is 2. The van der Waals surface area contributed by atoms with Gasteiger partial charge < -0.3 is 20.3 Å². The Kier molecular flexibility index (Phi) is 5.44. The summed E-state index contributed by atoms with van der Waals surface area (Å²) < 4.78 is 5.76. The summed E-state index contributed by atoms with van der Waals surface area (Å²) >= 11 is 6.03. The van der Waals surface area contributed by atoms with Gasteiger partial charge >= 0.3 is 0 Å². The zero-order chi connectivity index (χ0) is 19.7. The fraction of sp³-hybridized carbons (Fsp3) is 0.478. The second-order valence-corrected chi connectivity index (χ2v) is 8.65. The van der Waals surface area contributed by atoms with Crippen molar-refractivity contribution in [3.8, 4) is 5.75 Å². The fourth-order valence-corrected chi connectivity index (χ4v) is 4.98. The lowest BCUT2D eigenvalue weighted by Crippen LogP contribution is -2.46. The summed E-state index contributed by atoms with van der Waals surface area (Å²) in [6, 6.07) is 14.6. The van der Waals surface area contributed by atoms with Gasteiger partial charge in [-0.05, 0) is 55.6 Å². The normalized spacial score (nSPS) is 19.6. The van der Waals surface area contributed by atoms with E-state index in [2.05, 4.69) is 47.1 Å². The zero-order valence-corrected chi connectivity index (χ0v) is 17.6. The molecule has 0 saturated carbocycles. The average Bonchev–Trinajstić information content (AvgIpc) is 3.04. The number of alkyl halides is 1. The first-order chi connectivity index (χ1) is 13.6. The van der Waals surface area contributed by atoms with Crippen molar-refractivity contribution in [3.05, 3.63) is 48.0 Å². The third kappa shape index (κ3) is 3.33. The van der Waals surface area contributed by atoms with E-state index in [9.17, 15) is 0 Å². The molecule has 4 nitrogen and oxygen atoms in total. The monoisotopic (exact) mass is 399 g/mol. The molecule has 0 aliphatic carbocycles. The Morgan fingerprint density at radius 1 is 1.14 bits per heavy atom. The third-order valence-electron chi connectivity index (χ3n) is 6.39. The lowest BCUT2D eigenvalue weighted by Gasteiger charge is -2.40. The maximum Gasteiger partial charge on any atom is 0.142 e. The summed E-state index contributed by atoms with van der Waals surface area (Å²) in [4.78, 5) is 4.94. The molecule has 0 aromatic heterocycles. The number of methoxy groups -OCH3 is 1. The molecule has 2 N–H and O–H groups in total. The molecular formula is C23H30ClN3O. The van der Waals surface area contributed by atoms with Gasteiger partial charge in [0.15, 0.2) is 0 Å². The summed E-state index contributed by atoms with van der Waals surface area (Å²) in [5, 5.41) is 0. The van der Waals surface area contributed by atoms with Gasteiger partial charge in [-0.25, -0.2) is 0 Å². The summed E-state index contributed by atoms with van der Waals surface area (Å²) in [6.45, 7) is 6.48. The fourth-order valence-electron chi connectivity index (χ4n) is 4.88. The first kappa shape index (κ1) is 19.4. The van der Waals surface area contributed by atoms with Crippen molar-refractivity contribution in [3.63, 3.8) is 0 Å². The van der Waals surface area contributed by atoms with Crippen molar-refractivity contribution in [2.45, 2.75) is 25.2 Å². The van der Waals surface area contributed by atoms with Crippen LogP contribution in [0.4, 0.5) is 17.1 Å². The molecule has 2 aliphatic heterocycles. The number of anilines is 3. The van der Waals surface area contributed by atoms with Gasteiger partial charge in [-0.15, -0.1) is 11.6 Å². The van der Waals surface area contributed by atoms with Crippen molar-refractivity contribution < 1.29 is 4.74 Å². The highest BCUT2D eigenvalue weighted by molar-refractivity contribution is 6.18. The molecule has 2 aromatic carbocycles. The van der Waals surface area contributed by atoms with E-state index in [1.807, 2.05) is 12.1 Å². The number of nitrogen functional groups attached to an aromatic ring is 1. The van der Waals surface area contributed by atoms with Crippen LogP contribution in [0.2, 0.25) is 0 Å². The number of halogens is 1. The molecule has 0 amide bonds. The Hall–Kier alpha value is -1.91. The van der Waals surface area contributed by atoms with E-state index in [1.165, 1.54) is 11.3 Å². The van der Waals surface area contributed by atoms with E-state index in [0.717, 1.165) is 62.0 Å². The van der Waals surface area contributed by atoms with Crippen LogP contribution in [0.5, 0.6) is 5.75 Å². The maximum absolute atomic E-state index is 6.36. The summed E-state index contributed by atoms with van der Waals surface area (Å²) in [7, 11) is 1.75. The summed E-state index contributed by atoms with van der Waals surface area (Å²) in [6.07, 6.45) is 2.29. The van der Waals surface area contributed by atoms with Crippen LogP contribution in [0, 0.1) is 5.92 Å². The molecule has 2 aliphatic rings. The van der Waals surface area contributed by atoms with E-state index in [-0.39, 0.29) is 5.41 Å². The molecule has 1 atom stereocenters. The maximum atomic E-state index is 6.36. The van der Waals surface area contributed by atoms with E-state index in [0.29, 0.717) is 5.92 Å². The highest BCUT2D eigenvalue weighted by atomic mass is 35.5. The molecule has 2 heterocycles. The van der Waals surface area contributed by atoms with Crippen molar-refractivity contribution in [1.82, 2.24) is 4.90 Å². The van der Waals surface area contributed by atoms with Crippen LogP contribution in [-0.2, 0) is 5.41 Å². The minimum absolute atomic E-state index is 0.146. The summed E-state index contributed by atoms with van der Waals surface area (Å²) in [5.74, 6) is 2.19. The van der Waals surface area contributed by atoms with Gasteiger partial charge in [0, 0.05) is 24.4 Å². The van der Waals surface area contributed by atoms with Gasteiger partial charge in [0.05, 0.1) is 24.2 Å². The molecule has 28 heavy (non-hydrogen) atoms. The number of piperidine rings is 1. The first-order valence-corrected chi connectivity index (χ1v) is 10.7. The van der Waals surface area contributed by atoms with Gasteiger partial charge in [-0.1, -0.05) is 31.2 Å². The van der Waals surface area contributed by atoms with Crippen molar-refractivity contribution in [2.24, 2.45) is 5.92 Å². The van der Waals surface area contributed by atoms with Crippen LogP contribution in [0.25, 0.3) is 0 Å². The second-order valence-electron chi connectivity index (χ2n) is 8.34. The van der Waals surface area contributed by atoms with Crippen molar-refractivity contribution in [1.29, 1.82) is 0 Å². The van der Waals surface area contributed by atoms with Gasteiger partial charge in [0.2, 0.25) is 0 Å². The molecule has 1 unspecified atom stereocenters. The number of para-hydroxylation sites is 3. The molecule has 5 heteroatoms. The predicted molar refractivity (Wildman–Crippen MR) is 118 cm³/mol. The number of ether oxygens (including phenoxy) is 1. The molecule has 1 spiro atoms. The molecule has 0 bridgehead atoms. The molecule has 4 rings (SSSR count). The summed E-state index contributed by atoms with van der Waals surface area (Å²) in [5.41, 5.74) is 11.0. The van der Waals surface area contributed by atoms with Crippen LogP contribution in [-0.4, -0.2) is 44.1 Å². The molecule has 150 valence electrons. The van der Waals surface area contributed by atoms with Crippen LogP contribution in [0.15, 0.2) is 42.5 Å². The van der Waals surface area contributed by atoms with E-state index >= 15 is 0 Å². The molecule has 2 aromatic rings. The molecule has 0 radical (unpaired) electrons. The minimum atomic E-state index is 0.146. The first-order valence-electron chi connectivity index (χ1n) is 10.2. The van der Waals surface area contributed by atoms with Crippen molar-refractivity contribution >= 4 is 28.7 Å². The number of hydrogen-bond donors (Lipinski definition) is 1. The second kappa shape index (κ2) is 7.84. The van der Waals surface area contributed by atoms with Gasteiger partial charge in [0.1, 0.15) is 5.75 Å². The highest BCUT2D eigenvalue weighted by Gasteiger charge is 2.46. The number of likely N-dealkylation sites (tertiary alicyclic amines) is 1. The molecular weight excluding hydrogens is 370 g/mol. The quantitative estimate of drug-likeness (QED) is 0.587.